The summed E-state index contributed by atoms with van der Waals surface area (Å²) >= 11 is 0. The van der Waals surface area contributed by atoms with Gasteiger partial charge in [-0.2, -0.15) is 0 Å². The normalized spacial score (nSPS) is 29.6. The van der Waals surface area contributed by atoms with Crippen LogP contribution in [-0.2, 0) is 11.2 Å². The molecule has 5 nitrogen and oxygen atoms in total. The molecular weight excluding hydrogens is 292 g/mol. The highest BCUT2D eigenvalue weighted by Gasteiger charge is 2.49. The summed E-state index contributed by atoms with van der Waals surface area (Å²) in [6.07, 6.45) is 3.07. The number of amides is 1. The third-order valence-electron chi connectivity index (χ3n) is 5.72. The van der Waals surface area contributed by atoms with Crippen LogP contribution >= 0.6 is 0 Å². The van der Waals surface area contributed by atoms with Crippen LogP contribution in [-0.4, -0.2) is 55.4 Å². The predicted molar refractivity (Wildman–Crippen MR) is 87.6 cm³/mol. The minimum absolute atomic E-state index is 0.0819. The number of anilines is 1. The van der Waals surface area contributed by atoms with Crippen molar-refractivity contribution in [3.8, 4) is 0 Å². The molecule has 1 aromatic rings. The maximum absolute atomic E-state index is 13.1. The summed E-state index contributed by atoms with van der Waals surface area (Å²) in [7, 11) is 0. The summed E-state index contributed by atoms with van der Waals surface area (Å²) in [5.74, 6) is 0.427. The molecule has 0 spiro atoms. The van der Waals surface area contributed by atoms with Gasteiger partial charge in [-0.1, -0.05) is 12.1 Å². The number of likely N-dealkylation sites (tertiary alicyclic amines) is 1. The van der Waals surface area contributed by atoms with E-state index >= 15 is 0 Å². The first-order chi connectivity index (χ1) is 11.2. The van der Waals surface area contributed by atoms with E-state index in [1.165, 1.54) is 5.56 Å². The van der Waals surface area contributed by atoms with Gasteiger partial charge in [-0.15, -0.1) is 0 Å². The van der Waals surface area contributed by atoms with Gasteiger partial charge in [0.05, 0.1) is 24.5 Å². The van der Waals surface area contributed by atoms with Crippen molar-refractivity contribution in [3.63, 3.8) is 0 Å². The average Bonchev–Trinajstić information content (AvgIpc) is 3.01. The monoisotopic (exact) mass is 316 g/mol. The number of ether oxygens (including phenoxy) is 1. The minimum Gasteiger partial charge on any atom is -0.396 e. The Morgan fingerprint density at radius 3 is 3.22 bits per heavy atom. The molecule has 23 heavy (non-hydrogen) atoms. The van der Waals surface area contributed by atoms with Crippen LogP contribution in [0.1, 0.15) is 28.8 Å². The molecule has 1 amide bonds. The molecular formula is C18H24N2O3. The van der Waals surface area contributed by atoms with Gasteiger partial charge < -0.3 is 20.1 Å². The van der Waals surface area contributed by atoms with Gasteiger partial charge in [0.15, 0.2) is 0 Å². The molecule has 124 valence electrons. The van der Waals surface area contributed by atoms with Gasteiger partial charge in [0.25, 0.3) is 5.91 Å². The Labute approximate surface area is 136 Å². The molecule has 0 radical (unpaired) electrons. The number of benzene rings is 1. The molecule has 2 N–H and O–H groups in total. The van der Waals surface area contributed by atoms with Crippen molar-refractivity contribution in [2.24, 2.45) is 11.3 Å². The largest absolute Gasteiger partial charge is 0.396 e. The van der Waals surface area contributed by atoms with Crippen molar-refractivity contribution in [1.29, 1.82) is 0 Å². The van der Waals surface area contributed by atoms with E-state index in [9.17, 15) is 9.90 Å². The molecule has 0 bridgehead atoms. The Hall–Kier alpha value is -1.59. The lowest BCUT2D eigenvalue weighted by atomic mass is 9.76. The van der Waals surface area contributed by atoms with Gasteiger partial charge in [0, 0.05) is 31.7 Å². The summed E-state index contributed by atoms with van der Waals surface area (Å²) < 4.78 is 5.59. The second kappa shape index (κ2) is 5.80. The number of carbonyl (C=O) groups excluding carboxylic acids is 1. The molecule has 0 aromatic heterocycles. The number of nitrogens with one attached hydrogen (secondary N) is 1. The Morgan fingerprint density at radius 1 is 1.48 bits per heavy atom. The van der Waals surface area contributed by atoms with Crippen LogP contribution in [0.3, 0.4) is 0 Å². The Balaban J connectivity index is 1.61. The van der Waals surface area contributed by atoms with E-state index in [4.69, 9.17) is 4.74 Å². The molecule has 3 heterocycles. The fourth-order valence-corrected chi connectivity index (χ4v) is 4.33. The van der Waals surface area contributed by atoms with E-state index in [-0.39, 0.29) is 17.9 Å². The van der Waals surface area contributed by atoms with Crippen molar-refractivity contribution in [2.45, 2.75) is 19.3 Å². The van der Waals surface area contributed by atoms with E-state index in [1.807, 2.05) is 17.0 Å². The average molecular weight is 316 g/mol. The van der Waals surface area contributed by atoms with E-state index in [0.717, 1.165) is 50.2 Å². The van der Waals surface area contributed by atoms with Crippen LogP contribution in [0, 0.1) is 11.3 Å². The lowest BCUT2D eigenvalue weighted by Gasteiger charge is -2.36. The number of nitrogens with zero attached hydrogens (tertiary/aromatic N) is 1. The van der Waals surface area contributed by atoms with E-state index < -0.39 is 0 Å². The maximum atomic E-state index is 13.1. The quantitative estimate of drug-likeness (QED) is 0.868. The summed E-state index contributed by atoms with van der Waals surface area (Å²) in [4.78, 5) is 15.0. The van der Waals surface area contributed by atoms with E-state index in [2.05, 4.69) is 11.4 Å². The van der Waals surface area contributed by atoms with Crippen molar-refractivity contribution in [2.75, 3.05) is 44.8 Å². The third kappa shape index (κ3) is 2.42. The number of hydrogen-bond acceptors (Lipinski definition) is 4. The molecule has 0 unspecified atom stereocenters. The zero-order valence-corrected chi connectivity index (χ0v) is 13.4. The molecule has 0 aliphatic carbocycles. The van der Waals surface area contributed by atoms with E-state index in [0.29, 0.717) is 19.1 Å². The van der Waals surface area contributed by atoms with Crippen LogP contribution in [0.25, 0.3) is 0 Å². The topological polar surface area (TPSA) is 61.8 Å². The first-order valence-corrected chi connectivity index (χ1v) is 8.57. The molecule has 2 fully saturated rings. The van der Waals surface area contributed by atoms with Crippen LogP contribution in [0.4, 0.5) is 5.69 Å². The van der Waals surface area contributed by atoms with Gasteiger partial charge in [0.1, 0.15) is 0 Å². The summed E-state index contributed by atoms with van der Waals surface area (Å²) in [6, 6.07) is 6.00. The zero-order chi connectivity index (χ0) is 15.9. The van der Waals surface area contributed by atoms with Crippen LogP contribution in [0.5, 0.6) is 0 Å². The molecule has 0 saturated carbocycles. The number of para-hydroxylation sites is 1. The summed E-state index contributed by atoms with van der Waals surface area (Å²) in [5, 5.41) is 13.3. The second-order valence-corrected chi connectivity index (χ2v) is 7.11. The van der Waals surface area contributed by atoms with Gasteiger partial charge in [0.2, 0.25) is 0 Å². The molecule has 2 saturated heterocycles. The highest BCUT2D eigenvalue weighted by Crippen LogP contribution is 2.42. The maximum Gasteiger partial charge on any atom is 0.255 e. The molecule has 3 aliphatic rings. The number of aliphatic hydroxyl groups is 1. The Kier molecular flexibility index (Phi) is 3.77. The summed E-state index contributed by atoms with van der Waals surface area (Å²) in [6.45, 7) is 3.63. The zero-order valence-electron chi connectivity index (χ0n) is 13.4. The lowest BCUT2D eigenvalue weighted by Crippen LogP contribution is -2.43. The number of fused-ring (bicyclic) bond motifs is 2. The minimum atomic E-state index is -0.268. The van der Waals surface area contributed by atoms with Crippen molar-refractivity contribution in [1.82, 2.24) is 4.90 Å². The first-order valence-electron chi connectivity index (χ1n) is 8.57. The van der Waals surface area contributed by atoms with E-state index in [1.54, 1.807) is 0 Å². The van der Waals surface area contributed by atoms with Gasteiger partial charge in [-0.3, -0.25) is 4.79 Å². The SMILES string of the molecule is O=C(c1cccc2c1NCCC2)N1C[C@@H]2CCOC[C@]2(CO)C1. The van der Waals surface area contributed by atoms with Crippen molar-refractivity contribution in [3.05, 3.63) is 29.3 Å². The van der Waals surface area contributed by atoms with Gasteiger partial charge in [-0.05, 0) is 36.8 Å². The highest BCUT2D eigenvalue weighted by molar-refractivity contribution is 6.00. The summed E-state index contributed by atoms with van der Waals surface area (Å²) in [5.41, 5.74) is 2.75. The van der Waals surface area contributed by atoms with Gasteiger partial charge in [-0.25, -0.2) is 0 Å². The fraction of sp³-hybridized carbons (Fsp3) is 0.611. The Morgan fingerprint density at radius 2 is 2.39 bits per heavy atom. The number of rotatable bonds is 2. The second-order valence-electron chi connectivity index (χ2n) is 7.11. The van der Waals surface area contributed by atoms with Crippen LogP contribution in [0.2, 0.25) is 0 Å². The van der Waals surface area contributed by atoms with Crippen LogP contribution in [0.15, 0.2) is 18.2 Å². The fourth-order valence-electron chi connectivity index (χ4n) is 4.33. The Bertz CT molecular complexity index is 618. The molecule has 4 rings (SSSR count). The molecule has 1 aromatic carbocycles. The predicted octanol–water partition coefficient (Wildman–Crippen LogP) is 1.52. The number of hydrogen-bond donors (Lipinski definition) is 2. The first kappa shape index (κ1) is 15.0. The molecule has 5 heteroatoms. The number of carbonyl (C=O) groups is 1. The third-order valence-corrected chi connectivity index (χ3v) is 5.72. The lowest BCUT2D eigenvalue weighted by molar-refractivity contribution is -0.0556. The standard InChI is InChI=1S/C18H24N2O3/c21-11-18-10-20(9-14(18)6-8-23-12-18)17(22)15-5-1-3-13-4-2-7-19-16(13)15/h1,3,5,14,19,21H,2,4,6-12H2/t14-,18+/m0/s1. The van der Waals surface area contributed by atoms with Gasteiger partial charge >= 0.3 is 0 Å². The number of aliphatic hydroxyl groups excluding tert-OH is 1. The van der Waals surface area contributed by atoms with Crippen molar-refractivity contribution >= 4 is 11.6 Å². The van der Waals surface area contributed by atoms with Crippen LogP contribution < -0.4 is 5.32 Å². The number of aryl methyl sites for hydroxylation is 1. The molecule has 2 atom stereocenters. The smallest absolute Gasteiger partial charge is 0.255 e. The molecule has 3 aliphatic heterocycles. The highest BCUT2D eigenvalue weighted by atomic mass is 16.5. The van der Waals surface area contributed by atoms with Crippen molar-refractivity contribution < 1.29 is 14.6 Å².